The number of carboxylic acids is 1. The monoisotopic (exact) mass is 340 g/mol. The average molecular weight is 341 g/mol. The van der Waals surface area contributed by atoms with Crippen LogP contribution in [0.15, 0.2) is 22.7 Å². The lowest BCUT2D eigenvalue weighted by atomic mass is 10.1. The molecule has 0 saturated carbocycles. The van der Waals surface area contributed by atoms with E-state index in [1.165, 1.54) is 0 Å². The van der Waals surface area contributed by atoms with Gasteiger partial charge in [-0.05, 0) is 43.5 Å². The quantitative estimate of drug-likeness (QED) is 0.834. The summed E-state index contributed by atoms with van der Waals surface area (Å²) in [5.41, 5.74) is 1.71. The Morgan fingerprint density at radius 1 is 1.60 bits per heavy atom. The molecule has 1 aromatic carbocycles. The van der Waals surface area contributed by atoms with Gasteiger partial charge in [0.2, 0.25) is 0 Å². The number of carbonyl (C=O) groups is 1. The first-order chi connectivity index (χ1) is 9.56. The summed E-state index contributed by atoms with van der Waals surface area (Å²) in [5.74, 6) is -0.270. The molecular weight excluding hydrogens is 324 g/mol. The number of rotatable bonds is 5. The van der Waals surface area contributed by atoms with Gasteiger partial charge in [0.15, 0.2) is 0 Å². The van der Waals surface area contributed by atoms with Gasteiger partial charge in [-0.25, -0.2) is 4.79 Å². The summed E-state index contributed by atoms with van der Waals surface area (Å²) in [5, 5.41) is 8.75. The minimum absolute atomic E-state index is 0.134. The molecule has 0 spiro atoms. The lowest BCUT2D eigenvalue weighted by Gasteiger charge is -2.16. The summed E-state index contributed by atoms with van der Waals surface area (Å²) in [7, 11) is 0. The zero-order valence-electron chi connectivity index (χ0n) is 11.3. The molecule has 1 unspecified atom stereocenters. The fraction of sp³-hybridized carbons (Fsp3) is 0.400. The zero-order chi connectivity index (χ0) is 14.5. The van der Waals surface area contributed by atoms with E-state index in [0.29, 0.717) is 12.4 Å². The third kappa shape index (κ3) is 4.08. The molecule has 2 rings (SSSR count). The van der Waals surface area contributed by atoms with Gasteiger partial charge < -0.3 is 14.6 Å². The van der Waals surface area contributed by atoms with Crippen molar-refractivity contribution in [1.29, 1.82) is 0 Å². The second kappa shape index (κ2) is 6.90. The highest BCUT2D eigenvalue weighted by Crippen LogP contribution is 2.30. The largest absolute Gasteiger partial charge is 0.490 e. The molecule has 20 heavy (non-hydrogen) atoms. The molecule has 1 aromatic rings. The van der Waals surface area contributed by atoms with Crippen LogP contribution >= 0.6 is 15.9 Å². The molecule has 1 heterocycles. The van der Waals surface area contributed by atoms with Crippen LogP contribution in [0.2, 0.25) is 0 Å². The number of aryl methyl sites for hydroxylation is 1. The molecule has 5 heteroatoms. The maximum Gasteiger partial charge on any atom is 0.328 e. The van der Waals surface area contributed by atoms with Gasteiger partial charge in [0.05, 0.1) is 6.10 Å². The summed E-state index contributed by atoms with van der Waals surface area (Å²) in [6.07, 6.45) is 4.87. The summed E-state index contributed by atoms with van der Waals surface area (Å²) in [6.45, 7) is 3.23. The molecule has 1 fully saturated rings. The Labute approximate surface area is 126 Å². The van der Waals surface area contributed by atoms with E-state index in [1.807, 2.05) is 19.1 Å². The predicted octanol–water partition coefficient (Wildman–Crippen LogP) is 3.41. The van der Waals surface area contributed by atoms with E-state index in [9.17, 15) is 4.79 Å². The highest BCUT2D eigenvalue weighted by molar-refractivity contribution is 9.10. The molecule has 1 saturated heterocycles. The van der Waals surface area contributed by atoms with Gasteiger partial charge in [-0.15, -0.1) is 0 Å². The Kier molecular flexibility index (Phi) is 5.20. The first kappa shape index (κ1) is 15.1. The standard InChI is InChI=1S/C15H17BrO4/c1-10-7-12(16)8-11(4-5-14(17)18)15(10)20-9-13-3-2-6-19-13/h4-5,7-8,13H,2-3,6,9H2,1H3,(H,17,18)/b5-4+. The van der Waals surface area contributed by atoms with Crippen LogP contribution in [0.4, 0.5) is 0 Å². The highest BCUT2D eigenvalue weighted by Gasteiger charge is 2.17. The second-order valence-electron chi connectivity index (χ2n) is 4.76. The SMILES string of the molecule is Cc1cc(Br)cc(/C=C/C(=O)O)c1OCC1CCCO1. The predicted molar refractivity (Wildman–Crippen MR) is 80.0 cm³/mol. The van der Waals surface area contributed by atoms with Crippen LogP contribution in [0.25, 0.3) is 6.08 Å². The van der Waals surface area contributed by atoms with E-state index in [0.717, 1.165) is 41.1 Å². The van der Waals surface area contributed by atoms with Crippen LogP contribution in [-0.4, -0.2) is 30.4 Å². The number of hydrogen-bond donors (Lipinski definition) is 1. The lowest BCUT2D eigenvalue weighted by Crippen LogP contribution is -2.17. The number of benzene rings is 1. The summed E-state index contributed by atoms with van der Waals surface area (Å²) in [4.78, 5) is 10.7. The second-order valence-corrected chi connectivity index (χ2v) is 5.67. The van der Waals surface area contributed by atoms with Gasteiger partial charge in [0.25, 0.3) is 0 Å². The van der Waals surface area contributed by atoms with Crippen LogP contribution in [-0.2, 0) is 9.53 Å². The smallest absolute Gasteiger partial charge is 0.328 e. The molecule has 0 aromatic heterocycles. The van der Waals surface area contributed by atoms with Crippen LogP contribution in [0.3, 0.4) is 0 Å². The topological polar surface area (TPSA) is 55.8 Å². The Morgan fingerprint density at radius 2 is 2.40 bits per heavy atom. The maximum atomic E-state index is 10.7. The Balaban J connectivity index is 2.17. The van der Waals surface area contributed by atoms with Gasteiger partial charge in [0, 0.05) is 22.7 Å². The van der Waals surface area contributed by atoms with Gasteiger partial charge in [0.1, 0.15) is 12.4 Å². The Morgan fingerprint density at radius 3 is 3.05 bits per heavy atom. The third-order valence-corrected chi connectivity index (χ3v) is 3.57. The minimum atomic E-state index is -0.979. The summed E-state index contributed by atoms with van der Waals surface area (Å²) >= 11 is 3.41. The number of halogens is 1. The van der Waals surface area contributed by atoms with Gasteiger partial charge in [-0.1, -0.05) is 15.9 Å². The van der Waals surface area contributed by atoms with E-state index < -0.39 is 5.97 Å². The molecule has 0 amide bonds. The fourth-order valence-corrected chi connectivity index (χ4v) is 2.78. The first-order valence-electron chi connectivity index (χ1n) is 6.52. The molecule has 4 nitrogen and oxygen atoms in total. The minimum Gasteiger partial charge on any atom is -0.490 e. The maximum absolute atomic E-state index is 10.7. The van der Waals surface area contributed by atoms with Crippen molar-refractivity contribution in [2.45, 2.75) is 25.9 Å². The van der Waals surface area contributed by atoms with Crippen molar-refractivity contribution in [2.24, 2.45) is 0 Å². The number of ether oxygens (including phenoxy) is 2. The molecule has 1 aliphatic heterocycles. The van der Waals surface area contributed by atoms with Crippen molar-refractivity contribution in [3.63, 3.8) is 0 Å². The van der Waals surface area contributed by atoms with Gasteiger partial charge in [-0.3, -0.25) is 0 Å². The molecular formula is C15H17BrO4. The number of aliphatic carboxylic acids is 1. The van der Waals surface area contributed by atoms with E-state index in [-0.39, 0.29) is 6.10 Å². The van der Waals surface area contributed by atoms with Gasteiger partial charge >= 0.3 is 5.97 Å². The average Bonchev–Trinajstić information content (AvgIpc) is 2.88. The van der Waals surface area contributed by atoms with Crippen molar-refractivity contribution in [1.82, 2.24) is 0 Å². The fourth-order valence-electron chi connectivity index (χ4n) is 2.19. The van der Waals surface area contributed by atoms with E-state index in [4.69, 9.17) is 14.6 Å². The van der Waals surface area contributed by atoms with Crippen LogP contribution < -0.4 is 4.74 Å². The van der Waals surface area contributed by atoms with Crippen molar-refractivity contribution >= 4 is 28.0 Å². The van der Waals surface area contributed by atoms with E-state index >= 15 is 0 Å². The molecule has 1 N–H and O–H groups in total. The van der Waals surface area contributed by atoms with Crippen molar-refractivity contribution in [3.8, 4) is 5.75 Å². The molecule has 1 aliphatic rings. The van der Waals surface area contributed by atoms with Crippen molar-refractivity contribution in [3.05, 3.63) is 33.8 Å². The van der Waals surface area contributed by atoms with E-state index in [1.54, 1.807) is 6.08 Å². The van der Waals surface area contributed by atoms with Crippen molar-refractivity contribution < 1.29 is 19.4 Å². The van der Waals surface area contributed by atoms with E-state index in [2.05, 4.69) is 15.9 Å². The van der Waals surface area contributed by atoms with Crippen LogP contribution in [0, 0.1) is 6.92 Å². The van der Waals surface area contributed by atoms with Crippen LogP contribution in [0.5, 0.6) is 5.75 Å². The number of carboxylic acid groups (broad SMARTS) is 1. The molecule has 0 radical (unpaired) electrons. The summed E-state index contributed by atoms with van der Waals surface area (Å²) in [6, 6.07) is 3.79. The molecule has 0 aliphatic carbocycles. The molecule has 0 bridgehead atoms. The van der Waals surface area contributed by atoms with Crippen LogP contribution in [0.1, 0.15) is 24.0 Å². The van der Waals surface area contributed by atoms with Gasteiger partial charge in [-0.2, -0.15) is 0 Å². The molecule has 1 atom stereocenters. The zero-order valence-corrected chi connectivity index (χ0v) is 12.9. The number of hydrogen-bond acceptors (Lipinski definition) is 3. The Hall–Kier alpha value is -1.33. The lowest BCUT2D eigenvalue weighted by molar-refractivity contribution is -0.131. The summed E-state index contributed by atoms with van der Waals surface area (Å²) < 4.78 is 12.3. The normalized spacial score (nSPS) is 18.6. The molecule has 108 valence electrons. The Bertz CT molecular complexity index is 519. The third-order valence-electron chi connectivity index (χ3n) is 3.11. The van der Waals surface area contributed by atoms with Crippen molar-refractivity contribution in [2.75, 3.05) is 13.2 Å². The first-order valence-corrected chi connectivity index (χ1v) is 7.31. The highest BCUT2D eigenvalue weighted by atomic mass is 79.9.